The molecule has 0 unspecified atom stereocenters. The van der Waals surface area contributed by atoms with E-state index in [4.69, 9.17) is 14.2 Å². The molecule has 4 heteroatoms. The van der Waals surface area contributed by atoms with E-state index in [0.717, 1.165) is 44.0 Å². The second kappa shape index (κ2) is 8.88. The van der Waals surface area contributed by atoms with Gasteiger partial charge in [-0.25, -0.2) is 0 Å². The molecule has 4 nitrogen and oxygen atoms in total. The molecule has 1 heterocycles. The van der Waals surface area contributed by atoms with Gasteiger partial charge >= 0.3 is 0 Å². The molecule has 1 fully saturated rings. The molecule has 0 radical (unpaired) electrons. The zero-order valence-electron chi connectivity index (χ0n) is 15.0. The summed E-state index contributed by atoms with van der Waals surface area (Å²) in [4.78, 5) is 0. The molecule has 3 rings (SSSR count). The average molecular weight is 341 g/mol. The summed E-state index contributed by atoms with van der Waals surface area (Å²) in [6.07, 6.45) is 3.03. The molecule has 0 spiro atoms. The van der Waals surface area contributed by atoms with Gasteiger partial charge in [0, 0.05) is 25.3 Å². The highest BCUT2D eigenvalue weighted by molar-refractivity contribution is 5.43. The SMILES string of the molecule is COc1ccc(C[C@H](NC2CCOCC2)c2ccccc2)cc1OC. The molecule has 1 aliphatic rings. The lowest BCUT2D eigenvalue weighted by molar-refractivity contribution is 0.0748. The van der Waals surface area contributed by atoms with Crippen molar-refractivity contribution in [1.29, 1.82) is 0 Å². The van der Waals surface area contributed by atoms with Crippen LogP contribution in [-0.2, 0) is 11.2 Å². The Labute approximate surface area is 150 Å². The quantitative estimate of drug-likeness (QED) is 0.832. The predicted octanol–water partition coefficient (Wildman–Crippen LogP) is 3.76. The molecule has 0 aliphatic carbocycles. The molecular formula is C21H27NO3. The van der Waals surface area contributed by atoms with E-state index in [1.54, 1.807) is 14.2 Å². The molecule has 1 atom stereocenters. The molecule has 1 aliphatic heterocycles. The summed E-state index contributed by atoms with van der Waals surface area (Å²) in [5, 5.41) is 3.83. The third-order valence-electron chi connectivity index (χ3n) is 4.75. The van der Waals surface area contributed by atoms with Crippen molar-refractivity contribution in [1.82, 2.24) is 5.32 Å². The van der Waals surface area contributed by atoms with Crippen LogP contribution in [0.25, 0.3) is 0 Å². The van der Waals surface area contributed by atoms with Crippen LogP contribution in [0.5, 0.6) is 11.5 Å². The van der Waals surface area contributed by atoms with Crippen LogP contribution >= 0.6 is 0 Å². The monoisotopic (exact) mass is 341 g/mol. The predicted molar refractivity (Wildman–Crippen MR) is 99.4 cm³/mol. The normalized spacial score (nSPS) is 16.4. The molecule has 0 aromatic heterocycles. The maximum atomic E-state index is 5.49. The van der Waals surface area contributed by atoms with Gasteiger partial charge in [-0.05, 0) is 42.5 Å². The minimum atomic E-state index is 0.266. The Morgan fingerprint density at radius 3 is 2.40 bits per heavy atom. The second-order valence-corrected chi connectivity index (χ2v) is 6.41. The van der Waals surface area contributed by atoms with Crippen molar-refractivity contribution in [2.45, 2.75) is 31.3 Å². The first kappa shape index (κ1) is 17.8. The molecule has 2 aromatic rings. The van der Waals surface area contributed by atoms with Crippen molar-refractivity contribution in [3.05, 3.63) is 59.7 Å². The van der Waals surface area contributed by atoms with Crippen molar-refractivity contribution in [2.75, 3.05) is 27.4 Å². The third-order valence-corrected chi connectivity index (χ3v) is 4.75. The zero-order valence-corrected chi connectivity index (χ0v) is 15.0. The minimum absolute atomic E-state index is 0.266. The standard InChI is InChI=1S/C21H27NO3/c1-23-20-9-8-16(15-21(20)24-2)14-19(17-6-4-3-5-7-17)22-18-10-12-25-13-11-18/h3-9,15,18-19,22H,10-14H2,1-2H3/t19-/m0/s1. The number of benzene rings is 2. The molecule has 0 bridgehead atoms. The fraction of sp³-hybridized carbons (Fsp3) is 0.429. The van der Waals surface area contributed by atoms with Crippen LogP contribution in [0.15, 0.2) is 48.5 Å². The van der Waals surface area contributed by atoms with Gasteiger partial charge in [0.05, 0.1) is 14.2 Å². The molecule has 1 N–H and O–H groups in total. The van der Waals surface area contributed by atoms with Crippen molar-refractivity contribution < 1.29 is 14.2 Å². The first-order valence-corrected chi connectivity index (χ1v) is 8.90. The number of methoxy groups -OCH3 is 2. The average Bonchev–Trinajstić information content (AvgIpc) is 2.69. The Bertz CT molecular complexity index is 653. The van der Waals surface area contributed by atoms with Crippen LogP contribution in [-0.4, -0.2) is 33.5 Å². The highest BCUT2D eigenvalue weighted by Gasteiger charge is 2.20. The van der Waals surface area contributed by atoms with Crippen molar-refractivity contribution >= 4 is 0 Å². The summed E-state index contributed by atoms with van der Waals surface area (Å²) < 4.78 is 16.3. The minimum Gasteiger partial charge on any atom is -0.493 e. The number of hydrogen-bond acceptors (Lipinski definition) is 4. The van der Waals surface area contributed by atoms with Gasteiger partial charge in [-0.3, -0.25) is 0 Å². The zero-order chi connectivity index (χ0) is 17.5. The van der Waals surface area contributed by atoms with E-state index in [9.17, 15) is 0 Å². The molecule has 134 valence electrons. The van der Waals surface area contributed by atoms with Gasteiger partial charge in [0.2, 0.25) is 0 Å². The van der Waals surface area contributed by atoms with Crippen molar-refractivity contribution in [3.8, 4) is 11.5 Å². The van der Waals surface area contributed by atoms with Gasteiger partial charge in [0.1, 0.15) is 0 Å². The van der Waals surface area contributed by atoms with E-state index in [2.05, 4.69) is 47.8 Å². The molecule has 0 amide bonds. The highest BCUT2D eigenvalue weighted by atomic mass is 16.5. The van der Waals surface area contributed by atoms with Crippen LogP contribution in [0.2, 0.25) is 0 Å². The summed E-state index contributed by atoms with van der Waals surface area (Å²) in [6.45, 7) is 1.69. The maximum Gasteiger partial charge on any atom is 0.160 e. The summed E-state index contributed by atoms with van der Waals surface area (Å²) in [5.41, 5.74) is 2.54. The van der Waals surface area contributed by atoms with Crippen molar-refractivity contribution in [3.63, 3.8) is 0 Å². The van der Waals surface area contributed by atoms with E-state index in [-0.39, 0.29) is 6.04 Å². The van der Waals surface area contributed by atoms with Gasteiger partial charge in [-0.2, -0.15) is 0 Å². The Morgan fingerprint density at radius 1 is 1.00 bits per heavy atom. The van der Waals surface area contributed by atoms with Crippen LogP contribution < -0.4 is 14.8 Å². The van der Waals surface area contributed by atoms with Crippen LogP contribution in [0.3, 0.4) is 0 Å². The van der Waals surface area contributed by atoms with Gasteiger partial charge in [-0.15, -0.1) is 0 Å². The van der Waals surface area contributed by atoms with E-state index >= 15 is 0 Å². The first-order chi connectivity index (χ1) is 12.3. The van der Waals surface area contributed by atoms with E-state index in [0.29, 0.717) is 6.04 Å². The molecule has 0 saturated carbocycles. The van der Waals surface area contributed by atoms with Crippen LogP contribution in [0.4, 0.5) is 0 Å². The largest absolute Gasteiger partial charge is 0.493 e. The van der Waals surface area contributed by atoms with Gasteiger partial charge in [-0.1, -0.05) is 36.4 Å². The molecule has 25 heavy (non-hydrogen) atoms. The summed E-state index contributed by atoms with van der Waals surface area (Å²) in [5.74, 6) is 1.54. The number of ether oxygens (including phenoxy) is 3. The first-order valence-electron chi connectivity index (χ1n) is 8.90. The molecule has 1 saturated heterocycles. The van der Waals surface area contributed by atoms with Crippen LogP contribution in [0, 0.1) is 0 Å². The fourth-order valence-corrected chi connectivity index (χ4v) is 3.35. The van der Waals surface area contributed by atoms with Gasteiger partial charge in [0.25, 0.3) is 0 Å². The second-order valence-electron chi connectivity index (χ2n) is 6.41. The lowest BCUT2D eigenvalue weighted by Gasteiger charge is -2.29. The Morgan fingerprint density at radius 2 is 1.72 bits per heavy atom. The van der Waals surface area contributed by atoms with E-state index < -0.39 is 0 Å². The number of nitrogens with one attached hydrogen (secondary N) is 1. The molecule has 2 aromatic carbocycles. The Balaban J connectivity index is 1.79. The maximum absolute atomic E-state index is 5.49. The van der Waals surface area contributed by atoms with E-state index in [1.165, 1.54) is 11.1 Å². The number of rotatable bonds is 7. The third kappa shape index (κ3) is 4.74. The fourth-order valence-electron chi connectivity index (χ4n) is 3.35. The lowest BCUT2D eigenvalue weighted by Crippen LogP contribution is -2.38. The van der Waals surface area contributed by atoms with Gasteiger partial charge in [0.15, 0.2) is 11.5 Å². The van der Waals surface area contributed by atoms with Crippen LogP contribution in [0.1, 0.15) is 30.0 Å². The lowest BCUT2D eigenvalue weighted by atomic mass is 9.96. The van der Waals surface area contributed by atoms with E-state index in [1.807, 2.05) is 6.07 Å². The van der Waals surface area contributed by atoms with Crippen molar-refractivity contribution in [2.24, 2.45) is 0 Å². The summed E-state index contributed by atoms with van der Waals surface area (Å²) in [6, 6.07) is 17.6. The smallest absolute Gasteiger partial charge is 0.160 e. The number of hydrogen-bond donors (Lipinski definition) is 1. The Kier molecular flexibility index (Phi) is 6.31. The summed E-state index contributed by atoms with van der Waals surface area (Å²) in [7, 11) is 3.34. The van der Waals surface area contributed by atoms with Gasteiger partial charge < -0.3 is 19.5 Å². The summed E-state index contributed by atoms with van der Waals surface area (Å²) >= 11 is 0. The molecular weight excluding hydrogens is 314 g/mol. The highest BCUT2D eigenvalue weighted by Crippen LogP contribution is 2.30. The Hall–Kier alpha value is -2.04. The topological polar surface area (TPSA) is 39.7 Å².